The quantitative estimate of drug-likeness (QED) is 0.819. The fourth-order valence-electron chi connectivity index (χ4n) is 1.59. The average molecular weight is 203 g/mol. The van der Waals surface area contributed by atoms with Crippen LogP contribution in [0.1, 0.15) is 5.56 Å². The highest BCUT2D eigenvalue weighted by atomic mass is 16.5. The lowest BCUT2D eigenvalue weighted by atomic mass is 10.1. The smallest absolute Gasteiger partial charge is 0.125 e. The van der Waals surface area contributed by atoms with Crippen molar-refractivity contribution in [1.29, 1.82) is 0 Å². The highest BCUT2D eigenvalue weighted by Crippen LogP contribution is 2.24. The van der Waals surface area contributed by atoms with Gasteiger partial charge < -0.3 is 15.0 Å². The highest BCUT2D eigenvalue weighted by Gasteiger charge is 2.07. The van der Waals surface area contributed by atoms with E-state index in [2.05, 4.69) is 4.98 Å². The Morgan fingerprint density at radius 3 is 2.93 bits per heavy atom. The van der Waals surface area contributed by atoms with Crippen molar-refractivity contribution >= 4 is 0 Å². The molecule has 4 heteroatoms. The summed E-state index contributed by atoms with van der Waals surface area (Å²) in [7, 11) is 1.65. The summed E-state index contributed by atoms with van der Waals surface area (Å²) < 4.78 is 7.18. The molecular formula is C11H13N3O. The lowest BCUT2D eigenvalue weighted by molar-refractivity contribution is 0.409. The third-order valence-electron chi connectivity index (χ3n) is 2.31. The molecule has 0 aliphatic carbocycles. The predicted octanol–water partition coefficient (Wildman–Crippen LogP) is 1.34. The number of ether oxygens (including phenoxy) is 1. The predicted molar refractivity (Wildman–Crippen MR) is 58.0 cm³/mol. The van der Waals surface area contributed by atoms with Gasteiger partial charge in [-0.1, -0.05) is 6.07 Å². The minimum absolute atomic E-state index is 0.442. The maximum Gasteiger partial charge on any atom is 0.125 e. The van der Waals surface area contributed by atoms with Crippen LogP contribution < -0.4 is 10.5 Å². The molecule has 0 saturated heterocycles. The molecule has 0 bridgehead atoms. The number of aromatic nitrogens is 2. The second-order valence-electron chi connectivity index (χ2n) is 3.13. The summed E-state index contributed by atoms with van der Waals surface area (Å²) in [4.78, 5) is 4.01. The zero-order valence-corrected chi connectivity index (χ0v) is 8.55. The Morgan fingerprint density at radius 1 is 1.47 bits per heavy atom. The van der Waals surface area contributed by atoms with Gasteiger partial charge in [-0.2, -0.15) is 0 Å². The van der Waals surface area contributed by atoms with Gasteiger partial charge in [-0.15, -0.1) is 0 Å². The number of methoxy groups -OCH3 is 1. The van der Waals surface area contributed by atoms with E-state index in [0.717, 1.165) is 17.0 Å². The van der Waals surface area contributed by atoms with Crippen LogP contribution >= 0.6 is 0 Å². The van der Waals surface area contributed by atoms with Crippen LogP contribution in [0.2, 0.25) is 0 Å². The van der Waals surface area contributed by atoms with Crippen molar-refractivity contribution in [1.82, 2.24) is 9.55 Å². The van der Waals surface area contributed by atoms with Crippen molar-refractivity contribution in [2.75, 3.05) is 7.11 Å². The maximum absolute atomic E-state index is 5.72. The van der Waals surface area contributed by atoms with Crippen LogP contribution in [0.15, 0.2) is 36.9 Å². The minimum Gasteiger partial charge on any atom is -0.496 e. The van der Waals surface area contributed by atoms with E-state index in [0.29, 0.717) is 6.54 Å². The SMILES string of the molecule is COc1cccc(-n2ccnc2)c1CN. The van der Waals surface area contributed by atoms with E-state index in [-0.39, 0.29) is 0 Å². The van der Waals surface area contributed by atoms with E-state index < -0.39 is 0 Å². The van der Waals surface area contributed by atoms with Crippen LogP contribution in [0, 0.1) is 0 Å². The van der Waals surface area contributed by atoms with E-state index in [1.807, 2.05) is 29.0 Å². The summed E-state index contributed by atoms with van der Waals surface area (Å²) in [5, 5.41) is 0. The zero-order chi connectivity index (χ0) is 10.7. The molecule has 0 radical (unpaired) electrons. The maximum atomic E-state index is 5.72. The molecule has 0 fully saturated rings. The lowest BCUT2D eigenvalue weighted by Gasteiger charge is -2.12. The molecule has 0 atom stereocenters. The molecule has 0 saturated carbocycles. The molecule has 2 aromatic rings. The molecule has 1 heterocycles. The second-order valence-corrected chi connectivity index (χ2v) is 3.13. The monoisotopic (exact) mass is 203 g/mol. The third-order valence-corrected chi connectivity index (χ3v) is 2.31. The Morgan fingerprint density at radius 2 is 2.33 bits per heavy atom. The minimum atomic E-state index is 0.442. The van der Waals surface area contributed by atoms with Crippen molar-refractivity contribution in [2.24, 2.45) is 5.73 Å². The molecule has 0 spiro atoms. The van der Waals surface area contributed by atoms with Gasteiger partial charge in [-0.25, -0.2) is 4.98 Å². The van der Waals surface area contributed by atoms with Crippen LogP contribution in [-0.2, 0) is 6.54 Å². The number of imidazole rings is 1. The van der Waals surface area contributed by atoms with Crippen molar-refractivity contribution < 1.29 is 4.74 Å². The first-order valence-corrected chi connectivity index (χ1v) is 4.71. The van der Waals surface area contributed by atoms with Crippen LogP contribution in [-0.4, -0.2) is 16.7 Å². The van der Waals surface area contributed by atoms with E-state index in [9.17, 15) is 0 Å². The van der Waals surface area contributed by atoms with Crippen LogP contribution in [0.4, 0.5) is 0 Å². The first-order chi connectivity index (χ1) is 7.36. The van der Waals surface area contributed by atoms with Gasteiger partial charge in [0.25, 0.3) is 0 Å². The fraction of sp³-hybridized carbons (Fsp3) is 0.182. The van der Waals surface area contributed by atoms with Gasteiger partial charge in [0.2, 0.25) is 0 Å². The van der Waals surface area contributed by atoms with Gasteiger partial charge in [0.15, 0.2) is 0 Å². The summed E-state index contributed by atoms with van der Waals surface area (Å²) in [6.07, 6.45) is 5.36. The molecule has 4 nitrogen and oxygen atoms in total. The second kappa shape index (κ2) is 4.14. The fourth-order valence-corrected chi connectivity index (χ4v) is 1.59. The molecule has 0 aliphatic heterocycles. The van der Waals surface area contributed by atoms with Gasteiger partial charge in [-0.05, 0) is 12.1 Å². The van der Waals surface area contributed by atoms with Gasteiger partial charge in [-0.3, -0.25) is 0 Å². The molecule has 78 valence electrons. The Bertz CT molecular complexity index is 437. The number of rotatable bonds is 3. The van der Waals surface area contributed by atoms with Crippen LogP contribution in [0.3, 0.4) is 0 Å². The number of hydrogen-bond acceptors (Lipinski definition) is 3. The summed E-state index contributed by atoms with van der Waals surface area (Å²) >= 11 is 0. The van der Waals surface area contributed by atoms with Crippen LogP contribution in [0.25, 0.3) is 5.69 Å². The Labute approximate surface area is 88.3 Å². The Balaban J connectivity index is 2.56. The molecule has 2 N–H and O–H groups in total. The highest BCUT2D eigenvalue weighted by molar-refractivity contribution is 5.49. The van der Waals surface area contributed by atoms with E-state index in [4.69, 9.17) is 10.5 Å². The molecule has 1 aromatic carbocycles. The molecule has 2 rings (SSSR count). The number of hydrogen-bond donors (Lipinski definition) is 1. The number of benzene rings is 1. The van der Waals surface area contributed by atoms with Gasteiger partial charge in [0.1, 0.15) is 5.75 Å². The van der Waals surface area contributed by atoms with Crippen molar-refractivity contribution in [2.45, 2.75) is 6.54 Å². The third kappa shape index (κ3) is 1.71. The standard InChI is InChI=1S/C11H13N3O/c1-15-11-4-2-3-10(9(11)7-12)14-6-5-13-8-14/h2-6,8H,7,12H2,1H3. The first kappa shape index (κ1) is 9.73. The largest absolute Gasteiger partial charge is 0.496 e. The molecule has 0 aliphatic rings. The van der Waals surface area contributed by atoms with E-state index >= 15 is 0 Å². The summed E-state index contributed by atoms with van der Waals surface area (Å²) in [6, 6.07) is 5.84. The summed E-state index contributed by atoms with van der Waals surface area (Å²) in [5.41, 5.74) is 7.71. The van der Waals surface area contributed by atoms with Crippen molar-refractivity contribution in [3.05, 3.63) is 42.5 Å². The molecule has 0 unspecified atom stereocenters. The molecule has 1 aromatic heterocycles. The Hall–Kier alpha value is -1.81. The van der Waals surface area contributed by atoms with Crippen molar-refractivity contribution in [3.8, 4) is 11.4 Å². The normalized spacial score (nSPS) is 10.3. The Kier molecular flexibility index (Phi) is 2.69. The average Bonchev–Trinajstić information content (AvgIpc) is 2.81. The van der Waals surface area contributed by atoms with E-state index in [1.165, 1.54) is 0 Å². The number of nitrogens with zero attached hydrogens (tertiary/aromatic N) is 2. The number of nitrogens with two attached hydrogens (primary N) is 1. The van der Waals surface area contributed by atoms with Gasteiger partial charge >= 0.3 is 0 Å². The first-order valence-electron chi connectivity index (χ1n) is 4.71. The molecule has 15 heavy (non-hydrogen) atoms. The zero-order valence-electron chi connectivity index (χ0n) is 8.55. The molecular weight excluding hydrogens is 190 g/mol. The summed E-state index contributed by atoms with van der Waals surface area (Å²) in [5.74, 6) is 0.809. The summed E-state index contributed by atoms with van der Waals surface area (Å²) in [6.45, 7) is 0.442. The van der Waals surface area contributed by atoms with E-state index in [1.54, 1.807) is 19.6 Å². The van der Waals surface area contributed by atoms with Crippen LogP contribution in [0.5, 0.6) is 5.75 Å². The van der Waals surface area contributed by atoms with Crippen molar-refractivity contribution in [3.63, 3.8) is 0 Å². The van der Waals surface area contributed by atoms with Gasteiger partial charge in [0, 0.05) is 24.5 Å². The topological polar surface area (TPSA) is 53.1 Å². The van der Waals surface area contributed by atoms with Gasteiger partial charge in [0.05, 0.1) is 19.1 Å². The lowest BCUT2D eigenvalue weighted by Crippen LogP contribution is -2.05. The molecule has 0 amide bonds.